The van der Waals surface area contributed by atoms with Crippen molar-refractivity contribution in [3.05, 3.63) is 62.1 Å². The Morgan fingerprint density at radius 3 is 2.64 bits per heavy atom. The number of hydrogen-bond donors (Lipinski definition) is 1. The van der Waals surface area contributed by atoms with Crippen LogP contribution in [0, 0.1) is 10.1 Å². The predicted molar refractivity (Wildman–Crippen MR) is 112 cm³/mol. The van der Waals surface area contributed by atoms with Crippen molar-refractivity contribution in [2.75, 3.05) is 11.1 Å². The highest BCUT2D eigenvalue weighted by atomic mass is 79.9. The van der Waals surface area contributed by atoms with Gasteiger partial charge in [0.2, 0.25) is 5.91 Å². The second kappa shape index (κ2) is 8.72. The lowest BCUT2D eigenvalue weighted by atomic mass is 10.2. The molecule has 0 unspecified atom stereocenters. The first-order chi connectivity index (χ1) is 13.3. The number of amides is 1. The molecular weight excluding hydrogens is 470 g/mol. The SMILES string of the molecule is Cn1c(SCC(=O)Nc2ccc([N+](=O)[O-])cc2Br)nnc1-c1ccc(Cl)cc1. The number of benzene rings is 2. The van der Waals surface area contributed by atoms with Gasteiger partial charge in [0.1, 0.15) is 0 Å². The van der Waals surface area contributed by atoms with Crippen molar-refractivity contribution in [1.29, 1.82) is 0 Å². The zero-order valence-corrected chi connectivity index (χ0v) is 17.6. The van der Waals surface area contributed by atoms with Crippen LogP contribution < -0.4 is 5.32 Å². The van der Waals surface area contributed by atoms with Gasteiger partial charge >= 0.3 is 0 Å². The molecule has 0 aliphatic carbocycles. The minimum atomic E-state index is -0.501. The summed E-state index contributed by atoms with van der Waals surface area (Å²) in [4.78, 5) is 22.5. The zero-order chi connectivity index (χ0) is 20.3. The Kier molecular flexibility index (Phi) is 6.32. The van der Waals surface area contributed by atoms with E-state index in [2.05, 4.69) is 31.4 Å². The molecule has 0 atom stereocenters. The minimum Gasteiger partial charge on any atom is -0.324 e. The first-order valence-electron chi connectivity index (χ1n) is 7.87. The number of halogens is 2. The molecule has 0 aliphatic heterocycles. The number of nitro benzene ring substituents is 1. The summed E-state index contributed by atoms with van der Waals surface area (Å²) in [5.41, 5.74) is 1.26. The van der Waals surface area contributed by atoms with Crippen molar-refractivity contribution >= 4 is 56.6 Å². The number of rotatable bonds is 6. The molecule has 0 saturated heterocycles. The summed E-state index contributed by atoms with van der Waals surface area (Å²) in [5.74, 6) is 0.504. The average Bonchev–Trinajstić information content (AvgIpc) is 3.03. The Balaban J connectivity index is 1.64. The highest BCUT2D eigenvalue weighted by Crippen LogP contribution is 2.28. The Labute approximate surface area is 177 Å². The van der Waals surface area contributed by atoms with E-state index in [1.54, 1.807) is 16.7 Å². The fourth-order valence-corrected chi connectivity index (χ4v) is 3.63. The van der Waals surface area contributed by atoms with E-state index in [4.69, 9.17) is 11.6 Å². The van der Waals surface area contributed by atoms with Gasteiger partial charge in [0.05, 0.1) is 16.4 Å². The Hall–Kier alpha value is -2.43. The standard InChI is InChI=1S/C17H13BrClN5O3S/c1-23-16(10-2-4-11(19)5-3-10)21-22-17(23)28-9-15(25)20-14-7-6-12(24(26)27)8-13(14)18/h2-8H,9H2,1H3,(H,20,25). The number of aromatic nitrogens is 3. The fraction of sp³-hybridized carbons (Fsp3) is 0.118. The minimum absolute atomic E-state index is 0.0620. The summed E-state index contributed by atoms with van der Waals surface area (Å²) in [6, 6.07) is 11.4. The van der Waals surface area contributed by atoms with Crippen LogP contribution in [0.2, 0.25) is 5.02 Å². The number of nitrogens with zero attached hydrogens (tertiary/aromatic N) is 4. The molecule has 1 amide bonds. The first kappa shape index (κ1) is 20.3. The van der Waals surface area contributed by atoms with E-state index in [-0.39, 0.29) is 17.3 Å². The molecule has 1 aromatic heterocycles. The lowest BCUT2D eigenvalue weighted by Crippen LogP contribution is -2.15. The van der Waals surface area contributed by atoms with Crippen LogP contribution in [0.3, 0.4) is 0 Å². The maximum absolute atomic E-state index is 12.2. The maximum Gasteiger partial charge on any atom is 0.270 e. The van der Waals surface area contributed by atoms with Gasteiger partial charge in [-0.25, -0.2) is 0 Å². The van der Waals surface area contributed by atoms with Gasteiger partial charge in [-0.15, -0.1) is 10.2 Å². The van der Waals surface area contributed by atoms with Gasteiger partial charge < -0.3 is 9.88 Å². The quantitative estimate of drug-likeness (QED) is 0.314. The average molecular weight is 483 g/mol. The molecule has 28 heavy (non-hydrogen) atoms. The fourth-order valence-electron chi connectivity index (χ4n) is 2.33. The number of hydrogen-bond acceptors (Lipinski definition) is 6. The topological polar surface area (TPSA) is 103 Å². The smallest absolute Gasteiger partial charge is 0.270 e. The largest absolute Gasteiger partial charge is 0.324 e. The maximum atomic E-state index is 12.2. The van der Waals surface area contributed by atoms with E-state index in [1.807, 2.05) is 19.2 Å². The molecule has 3 rings (SSSR count). The molecule has 0 aliphatic rings. The number of carbonyl (C=O) groups excluding carboxylic acids is 1. The monoisotopic (exact) mass is 481 g/mol. The number of carbonyl (C=O) groups is 1. The van der Waals surface area contributed by atoms with Crippen LogP contribution in [0.15, 0.2) is 52.1 Å². The van der Waals surface area contributed by atoms with Crippen molar-refractivity contribution in [3.63, 3.8) is 0 Å². The summed E-state index contributed by atoms with van der Waals surface area (Å²) in [6.45, 7) is 0. The van der Waals surface area contributed by atoms with Crippen LogP contribution in [0.5, 0.6) is 0 Å². The third-order valence-electron chi connectivity index (χ3n) is 3.71. The van der Waals surface area contributed by atoms with Crippen LogP contribution in [0.1, 0.15) is 0 Å². The van der Waals surface area contributed by atoms with Gasteiger partial charge in [0.25, 0.3) is 5.69 Å². The van der Waals surface area contributed by atoms with Crippen molar-refractivity contribution in [2.45, 2.75) is 5.16 Å². The Morgan fingerprint density at radius 1 is 1.29 bits per heavy atom. The van der Waals surface area contributed by atoms with E-state index in [9.17, 15) is 14.9 Å². The van der Waals surface area contributed by atoms with Gasteiger partial charge in [0.15, 0.2) is 11.0 Å². The lowest BCUT2D eigenvalue weighted by molar-refractivity contribution is -0.384. The number of nitrogens with one attached hydrogen (secondary N) is 1. The summed E-state index contributed by atoms with van der Waals surface area (Å²) < 4.78 is 2.23. The molecule has 8 nitrogen and oxygen atoms in total. The normalized spacial score (nSPS) is 10.7. The molecule has 1 heterocycles. The van der Waals surface area contributed by atoms with Crippen molar-refractivity contribution < 1.29 is 9.72 Å². The van der Waals surface area contributed by atoms with Gasteiger partial charge in [-0.05, 0) is 46.3 Å². The van der Waals surface area contributed by atoms with Crippen LogP contribution in [0.4, 0.5) is 11.4 Å². The van der Waals surface area contributed by atoms with Crippen molar-refractivity contribution in [3.8, 4) is 11.4 Å². The van der Waals surface area contributed by atoms with Gasteiger partial charge in [-0.1, -0.05) is 23.4 Å². The third kappa shape index (κ3) is 4.70. The van der Waals surface area contributed by atoms with E-state index in [0.29, 0.717) is 26.2 Å². The second-order valence-electron chi connectivity index (χ2n) is 5.63. The molecule has 0 radical (unpaired) electrons. The van der Waals surface area contributed by atoms with Crippen LogP contribution in [0.25, 0.3) is 11.4 Å². The van der Waals surface area contributed by atoms with Gasteiger partial charge in [-0.2, -0.15) is 0 Å². The Morgan fingerprint density at radius 2 is 2.00 bits per heavy atom. The molecule has 144 valence electrons. The zero-order valence-electron chi connectivity index (χ0n) is 14.4. The molecule has 0 fully saturated rings. The summed E-state index contributed by atoms with van der Waals surface area (Å²) >= 11 is 10.4. The molecule has 1 N–H and O–H groups in total. The Bertz CT molecular complexity index is 1040. The van der Waals surface area contributed by atoms with Crippen molar-refractivity contribution in [1.82, 2.24) is 14.8 Å². The molecule has 2 aromatic carbocycles. The molecular formula is C17H13BrClN5O3S. The van der Waals surface area contributed by atoms with Crippen LogP contribution >= 0.6 is 39.3 Å². The van der Waals surface area contributed by atoms with E-state index < -0.39 is 4.92 Å². The van der Waals surface area contributed by atoms with Crippen LogP contribution in [-0.4, -0.2) is 31.3 Å². The number of anilines is 1. The third-order valence-corrected chi connectivity index (χ3v) is 5.64. The number of non-ortho nitro benzene ring substituents is 1. The summed E-state index contributed by atoms with van der Waals surface area (Å²) in [6.07, 6.45) is 0. The van der Waals surface area contributed by atoms with E-state index in [0.717, 1.165) is 5.56 Å². The highest BCUT2D eigenvalue weighted by Gasteiger charge is 2.15. The molecule has 0 saturated carbocycles. The van der Waals surface area contributed by atoms with Crippen molar-refractivity contribution in [2.24, 2.45) is 7.05 Å². The molecule has 0 spiro atoms. The lowest BCUT2D eigenvalue weighted by Gasteiger charge is -2.07. The van der Waals surface area contributed by atoms with E-state index >= 15 is 0 Å². The first-order valence-corrected chi connectivity index (χ1v) is 10.0. The molecule has 3 aromatic rings. The van der Waals surface area contributed by atoms with Gasteiger partial charge in [0, 0.05) is 34.2 Å². The molecule has 0 bridgehead atoms. The molecule has 11 heteroatoms. The summed E-state index contributed by atoms with van der Waals surface area (Å²) in [7, 11) is 1.82. The van der Waals surface area contributed by atoms with Crippen LogP contribution in [-0.2, 0) is 11.8 Å². The highest BCUT2D eigenvalue weighted by molar-refractivity contribution is 9.10. The number of nitro groups is 1. The van der Waals surface area contributed by atoms with E-state index in [1.165, 1.54) is 30.0 Å². The van der Waals surface area contributed by atoms with Gasteiger partial charge in [-0.3, -0.25) is 14.9 Å². The predicted octanol–water partition coefficient (Wildman–Crippen LogP) is 4.54. The second-order valence-corrected chi connectivity index (χ2v) is 7.86. The number of thioether (sulfide) groups is 1. The summed E-state index contributed by atoms with van der Waals surface area (Å²) in [5, 5.41) is 23.0.